The second-order valence-corrected chi connectivity index (χ2v) is 5.34. The molecule has 4 nitrogen and oxygen atoms in total. The van der Waals surface area contributed by atoms with Gasteiger partial charge in [-0.25, -0.2) is 0 Å². The van der Waals surface area contributed by atoms with Gasteiger partial charge in [-0.05, 0) is 38.3 Å². The monoisotopic (exact) mass is 257 g/mol. The van der Waals surface area contributed by atoms with Crippen molar-refractivity contribution >= 4 is 0 Å². The SMILES string of the molecule is CCc1ccc(-c2noc(C3(C)CCCN3)n2)cc1. The summed E-state index contributed by atoms with van der Waals surface area (Å²) in [6, 6.07) is 8.33. The number of aryl methyl sites for hydroxylation is 1. The summed E-state index contributed by atoms with van der Waals surface area (Å²) >= 11 is 0. The van der Waals surface area contributed by atoms with E-state index >= 15 is 0 Å². The topological polar surface area (TPSA) is 51.0 Å². The molecule has 0 saturated carbocycles. The molecule has 1 aliphatic rings. The van der Waals surface area contributed by atoms with Crippen LogP contribution in [-0.4, -0.2) is 16.7 Å². The van der Waals surface area contributed by atoms with E-state index in [1.54, 1.807) is 0 Å². The molecule has 0 spiro atoms. The second-order valence-electron chi connectivity index (χ2n) is 5.34. The van der Waals surface area contributed by atoms with E-state index in [1.165, 1.54) is 5.56 Å². The van der Waals surface area contributed by atoms with Crippen LogP contribution >= 0.6 is 0 Å². The maximum absolute atomic E-state index is 5.44. The molecule has 0 amide bonds. The minimum Gasteiger partial charge on any atom is -0.337 e. The first-order valence-electron chi connectivity index (χ1n) is 6.90. The molecule has 1 fully saturated rings. The first-order chi connectivity index (χ1) is 9.21. The molecule has 4 heteroatoms. The maximum Gasteiger partial charge on any atom is 0.246 e. The minimum absolute atomic E-state index is 0.158. The van der Waals surface area contributed by atoms with Crippen LogP contribution < -0.4 is 5.32 Å². The van der Waals surface area contributed by atoms with Crippen molar-refractivity contribution in [3.05, 3.63) is 35.7 Å². The molecule has 0 radical (unpaired) electrons. The van der Waals surface area contributed by atoms with E-state index in [2.05, 4.69) is 53.6 Å². The van der Waals surface area contributed by atoms with Gasteiger partial charge in [-0.1, -0.05) is 36.3 Å². The normalized spacial score (nSPS) is 22.8. The van der Waals surface area contributed by atoms with Crippen molar-refractivity contribution in [1.82, 2.24) is 15.5 Å². The Kier molecular flexibility index (Phi) is 3.11. The number of nitrogens with zero attached hydrogens (tertiary/aromatic N) is 2. The lowest BCUT2D eigenvalue weighted by atomic mass is 10.0. The molecule has 2 heterocycles. The molecule has 19 heavy (non-hydrogen) atoms. The Morgan fingerprint density at radius 2 is 2.11 bits per heavy atom. The molecule has 0 aliphatic carbocycles. The summed E-state index contributed by atoms with van der Waals surface area (Å²) in [6.07, 6.45) is 3.24. The van der Waals surface area contributed by atoms with E-state index in [4.69, 9.17) is 4.52 Å². The molecular formula is C15H19N3O. The summed E-state index contributed by atoms with van der Waals surface area (Å²) in [4.78, 5) is 4.55. The van der Waals surface area contributed by atoms with Gasteiger partial charge >= 0.3 is 0 Å². The van der Waals surface area contributed by atoms with Gasteiger partial charge in [0.15, 0.2) is 0 Å². The van der Waals surface area contributed by atoms with Gasteiger partial charge in [-0.15, -0.1) is 0 Å². The third kappa shape index (κ3) is 2.28. The van der Waals surface area contributed by atoms with Gasteiger partial charge in [0.05, 0.1) is 5.54 Å². The van der Waals surface area contributed by atoms with E-state index in [-0.39, 0.29) is 5.54 Å². The lowest BCUT2D eigenvalue weighted by molar-refractivity contribution is 0.275. The molecule has 1 atom stereocenters. The molecule has 1 aromatic heterocycles. The average molecular weight is 257 g/mol. The highest BCUT2D eigenvalue weighted by atomic mass is 16.5. The van der Waals surface area contributed by atoms with Crippen LogP contribution in [0.2, 0.25) is 0 Å². The molecule has 100 valence electrons. The largest absolute Gasteiger partial charge is 0.337 e. The standard InChI is InChI=1S/C15H19N3O/c1-3-11-5-7-12(8-6-11)13-17-14(19-18-13)15(2)9-4-10-16-15/h5-8,16H,3-4,9-10H2,1-2H3. The van der Waals surface area contributed by atoms with Crippen molar-refractivity contribution in [2.45, 2.75) is 38.6 Å². The van der Waals surface area contributed by atoms with Crippen LogP contribution in [0, 0.1) is 0 Å². The quantitative estimate of drug-likeness (QED) is 0.918. The van der Waals surface area contributed by atoms with E-state index in [1.807, 2.05) is 0 Å². The first-order valence-corrected chi connectivity index (χ1v) is 6.90. The van der Waals surface area contributed by atoms with Crippen molar-refractivity contribution in [2.75, 3.05) is 6.54 Å². The van der Waals surface area contributed by atoms with Crippen LogP contribution in [0.3, 0.4) is 0 Å². The van der Waals surface area contributed by atoms with Crippen molar-refractivity contribution in [3.8, 4) is 11.4 Å². The lowest BCUT2D eigenvalue weighted by Gasteiger charge is -2.18. The second kappa shape index (κ2) is 4.78. The number of aromatic nitrogens is 2. The van der Waals surface area contributed by atoms with E-state index in [9.17, 15) is 0 Å². The van der Waals surface area contributed by atoms with E-state index < -0.39 is 0 Å². The van der Waals surface area contributed by atoms with Gasteiger partial charge in [0.1, 0.15) is 0 Å². The smallest absolute Gasteiger partial charge is 0.246 e. The predicted molar refractivity (Wildman–Crippen MR) is 73.7 cm³/mol. The van der Waals surface area contributed by atoms with Crippen LogP contribution in [0.1, 0.15) is 38.1 Å². The Bertz CT molecular complexity index is 553. The van der Waals surface area contributed by atoms with Gasteiger partial charge in [-0.2, -0.15) is 4.98 Å². The van der Waals surface area contributed by atoms with Crippen LogP contribution in [0.5, 0.6) is 0 Å². The number of nitrogens with one attached hydrogen (secondary N) is 1. The Labute approximate surface area is 113 Å². The molecule has 2 aromatic rings. The van der Waals surface area contributed by atoms with Crippen molar-refractivity contribution < 1.29 is 4.52 Å². The van der Waals surface area contributed by atoms with Crippen LogP contribution in [0.15, 0.2) is 28.8 Å². The van der Waals surface area contributed by atoms with Gasteiger partial charge in [0.25, 0.3) is 0 Å². The fourth-order valence-electron chi connectivity index (χ4n) is 2.53. The average Bonchev–Trinajstić information content (AvgIpc) is 3.08. The Balaban J connectivity index is 1.87. The molecule has 1 aromatic carbocycles. The van der Waals surface area contributed by atoms with Gasteiger partial charge in [-0.3, -0.25) is 0 Å². The molecule has 1 N–H and O–H groups in total. The summed E-state index contributed by atoms with van der Waals surface area (Å²) in [7, 11) is 0. The van der Waals surface area contributed by atoms with Crippen LogP contribution in [0.25, 0.3) is 11.4 Å². The third-order valence-corrected chi connectivity index (χ3v) is 3.89. The number of benzene rings is 1. The fraction of sp³-hybridized carbons (Fsp3) is 0.467. The highest BCUT2D eigenvalue weighted by Gasteiger charge is 2.35. The van der Waals surface area contributed by atoms with Gasteiger partial charge in [0.2, 0.25) is 11.7 Å². The first kappa shape index (κ1) is 12.4. The summed E-state index contributed by atoms with van der Waals surface area (Å²) in [5.41, 5.74) is 2.17. The third-order valence-electron chi connectivity index (χ3n) is 3.89. The Morgan fingerprint density at radius 1 is 1.32 bits per heavy atom. The summed E-state index contributed by atoms with van der Waals surface area (Å²) < 4.78 is 5.44. The summed E-state index contributed by atoms with van der Waals surface area (Å²) in [5.74, 6) is 1.37. The lowest BCUT2D eigenvalue weighted by Crippen LogP contribution is -2.33. The molecule has 1 aliphatic heterocycles. The number of hydrogen-bond acceptors (Lipinski definition) is 4. The fourth-order valence-corrected chi connectivity index (χ4v) is 2.53. The van der Waals surface area contributed by atoms with E-state index in [0.29, 0.717) is 11.7 Å². The minimum atomic E-state index is -0.158. The molecular weight excluding hydrogens is 238 g/mol. The van der Waals surface area contributed by atoms with Gasteiger partial charge < -0.3 is 9.84 Å². The molecule has 0 bridgehead atoms. The zero-order valence-corrected chi connectivity index (χ0v) is 11.4. The van der Waals surface area contributed by atoms with Crippen LogP contribution in [0.4, 0.5) is 0 Å². The van der Waals surface area contributed by atoms with Crippen molar-refractivity contribution in [3.63, 3.8) is 0 Å². The molecule has 1 saturated heterocycles. The zero-order valence-electron chi connectivity index (χ0n) is 11.4. The maximum atomic E-state index is 5.44. The molecule has 1 unspecified atom stereocenters. The van der Waals surface area contributed by atoms with Gasteiger partial charge in [0, 0.05) is 5.56 Å². The van der Waals surface area contributed by atoms with E-state index in [0.717, 1.165) is 31.4 Å². The summed E-state index contributed by atoms with van der Waals surface area (Å²) in [5, 5.41) is 7.54. The highest BCUT2D eigenvalue weighted by molar-refractivity contribution is 5.54. The molecule has 3 rings (SSSR count). The number of rotatable bonds is 3. The zero-order chi connectivity index (χ0) is 13.3. The van der Waals surface area contributed by atoms with Crippen molar-refractivity contribution in [1.29, 1.82) is 0 Å². The van der Waals surface area contributed by atoms with Crippen LogP contribution in [-0.2, 0) is 12.0 Å². The Morgan fingerprint density at radius 3 is 2.74 bits per heavy atom. The highest BCUT2D eigenvalue weighted by Crippen LogP contribution is 2.30. The van der Waals surface area contributed by atoms with Crippen molar-refractivity contribution in [2.24, 2.45) is 0 Å². The predicted octanol–water partition coefficient (Wildman–Crippen LogP) is 2.90. The Hall–Kier alpha value is -1.68. The summed E-state index contributed by atoms with van der Waals surface area (Å²) in [6.45, 7) is 5.28. The number of hydrogen-bond donors (Lipinski definition) is 1.